The summed E-state index contributed by atoms with van der Waals surface area (Å²) < 4.78 is 9.97. The van der Waals surface area contributed by atoms with Gasteiger partial charge in [0.2, 0.25) is 0 Å². The van der Waals surface area contributed by atoms with Crippen LogP contribution in [0.4, 0.5) is 5.69 Å². The Morgan fingerprint density at radius 1 is 0.969 bits per heavy atom. The zero-order valence-electron chi connectivity index (χ0n) is 17.7. The molecule has 3 amide bonds. The molecule has 3 rings (SSSR count). The van der Waals surface area contributed by atoms with Crippen LogP contribution in [0.15, 0.2) is 42.5 Å². The van der Waals surface area contributed by atoms with Gasteiger partial charge in [-0.1, -0.05) is 12.1 Å². The Hall–Kier alpha value is -3.85. The van der Waals surface area contributed by atoms with Gasteiger partial charge in [-0.25, -0.2) is 4.79 Å². The van der Waals surface area contributed by atoms with Gasteiger partial charge in [0.05, 0.1) is 16.7 Å². The molecule has 1 aliphatic rings. The molecule has 2 aromatic carbocycles. The number of benzene rings is 2. The number of Topliss-reactive ketones (excluding diaryl/α,β-unsaturated/α-hetero) is 1. The third kappa shape index (κ3) is 5.06. The first-order chi connectivity index (χ1) is 15.3. The monoisotopic (exact) mass is 438 g/mol. The summed E-state index contributed by atoms with van der Waals surface area (Å²) in [6, 6.07) is 10.4. The molecule has 1 heterocycles. The zero-order chi connectivity index (χ0) is 23.3. The average Bonchev–Trinajstić information content (AvgIpc) is 3.02. The van der Waals surface area contributed by atoms with E-state index in [4.69, 9.17) is 9.47 Å². The van der Waals surface area contributed by atoms with Gasteiger partial charge in [-0.3, -0.25) is 24.1 Å². The molecule has 0 spiro atoms. The molecule has 2 aromatic rings. The molecule has 9 nitrogen and oxygen atoms in total. The Bertz CT molecular complexity index is 1090. The van der Waals surface area contributed by atoms with Crippen LogP contribution in [-0.2, 0) is 14.3 Å². The molecule has 166 valence electrons. The van der Waals surface area contributed by atoms with E-state index >= 15 is 0 Å². The van der Waals surface area contributed by atoms with Crippen LogP contribution in [0.2, 0.25) is 0 Å². The molecule has 1 aliphatic heterocycles. The minimum Gasteiger partial charge on any atom is -0.452 e. The van der Waals surface area contributed by atoms with E-state index in [1.807, 2.05) is 0 Å². The number of anilines is 1. The van der Waals surface area contributed by atoms with Crippen LogP contribution in [0.25, 0.3) is 0 Å². The number of methoxy groups -OCH3 is 1. The highest BCUT2D eigenvalue weighted by Gasteiger charge is 2.35. The quantitative estimate of drug-likeness (QED) is 0.276. The summed E-state index contributed by atoms with van der Waals surface area (Å²) in [4.78, 5) is 61.9. The number of esters is 1. The highest BCUT2D eigenvalue weighted by Crippen LogP contribution is 2.24. The number of fused-ring (bicyclic) bond motifs is 1. The average molecular weight is 438 g/mol. The van der Waals surface area contributed by atoms with E-state index in [1.165, 1.54) is 38.3 Å². The number of hydrogen-bond donors (Lipinski definition) is 1. The first kappa shape index (κ1) is 22.8. The molecule has 0 saturated carbocycles. The van der Waals surface area contributed by atoms with Gasteiger partial charge in [0.25, 0.3) is 17.7 Å². The lowest BCUT2D eigenvalue weighted by Gasteiger charge is -2.12. The van der Waals surface area contributed by atoms with E-state index in [0.29, 0.717) is 24.3 Å². The molecule has 1 N–H and O–H groups in total. The van der Waals surface area contributed by atoms with Crippen LogP contribution in [0, 0.1) is 0 Å². The summed E-state index contributed by atoms with van der Waals surface area (Å²) in [7, 11) is 1.53. The summed E-state index contributed by atoms with van der Waals surface area (Å²) in [5.41, 5.74) is 1.22. The van der Waals surface area contributed by atoms with Gasteiger partial charge < -0.3 is 14.8 Å². The zero-order valence-corrected chi connectivity index (χ0v) is 17.7. The molecule has 0 unspecified atom stereocenters. The Kier molecular flexibility index (Phi) is 7.11. The Balaban J connectivity index is 1.61. The van der Waals surface area contributed by atoms with E-state index in [-0.39, 0.29) is 29.0 Å². The highest BCUT2D eigenvalue weighted by atomic mass is 16.5. The number of imide groups is 1. The van der Waals surface area contributed by atoms with Gasteiger partial charge in [-0.15, -0.1) is 0 Å². The van der Waals surface area contributed by atoms with Crippen molar-refractivity contribution in [3.05, 3.63) is 64.7 Å². The predicted molar refractivity (Wildman–Crippen MR) is 114 cm³/mol. The number of carbonyl (C=O) groups excluding carboxylic acids is 5. The van der Waals surface area contributed by atoms with Crippen LogP contribution in [0.3, 0.4) is 0 Å². The van der Waals surface area contributed by atoms with Gasteiger partial charge in [0.1, 0.15) is 0 Å². The van der Waals surface area contributed by atoms with Crippen molar-refractivity contribution < 1.29 is 33.4 Å². The third-order valence-electron chi connectivity index (χ3n) is 4.82. The van der Waals surface area contributed by atoms with Gasteiger partial charge in [0, 0.05) is 31.5 Å². The molecule has 0 atom stereocenters. The van der Waals surface area contributed by atoms with Gasteiger partial charge in [-0.05, 0) is 43.7 Å². The summed E-state index contributed by atoms with van der Waals surface area (Å²) in [6.45, 7) is 1.48. The maximum Gasteiger partial charge on any atom is 0.338 e. The second kappa shape index (κ2) is 9.97. The number of hydrogen-bond acceptors (Lipinski definition) is 7. The van der Waals surface area contributed by atoms with Crippen molar-refractivity contribution in [1.82, 2.24) is 4.90 Å². The van der Waals surface area contributed by atoms with Gasteiger partial charge in [0.15, 0.2) is 12.4 Å². The van der Waals surface area contributed by atoms with Crippen molar-refractivity contribution in [1.29, 1.82) is 0 Å². The second-order valence-corrected chi connectivity index (χ2v) is 7.13. The minimum absolute atomic E-state index is 0.0509. The van der Waals surface area contributed by atoms with Crippen molar-refractivity contribution in [2.75, 3.05) is 32.2 Å². The van der Waals surface area contributed by atoms with E-state index in [2.05, 4.69) is 5.32 Å². The topological polar surface area (TPSA) is 119 Å². The highest BCUT2D eigenvalue weighted by molar-refractivity contribution is 6.22. The molecule has 32 heavy (non-hydrogen) atoms. The lowest BCUT2D eigenvalue weighted by molar-refractivity contribution is -0.119. The van der Waals surface area contributed by atoms with Crippen LogP contribution < -0.4 is 5.32 Å². The summed E-state index contributed by atoms with van der Waals surface area (Å²) in [5, 5.41) is 2.54. The van der Waals surface area contributed by atoms with Crippen molar-refractivity contribution in [3.8, 4) is 0 Å². The summed E-state index contributed by atoms with van der Waals surface area (Å²) >= 11 is 0. The molecular formula is C23H22N2O7. The molecular weight excluding hydrogens is 416 g/mol. The van der Waals surface area contributed by atoms with Gasteiger partial charge in [-0.2, -0.15) is 0 Å². The van der Waals surface area contributed by atoms with Crippen LogP contribution in [-0.4, -0.2) is 61.2 Å². The molecule has 0 fully saturated rings. The van der Waals surface area contributed by atoms with Crippen molar-refractivity contribution in [2.24, 2.45) is 0 Å². The smallest absolute Gasteiger partial charge is 0.338 e. The molecule has 9 heteroatoms. The largest absolute Gasteiger partial charge is 0.452 e. The minimum atomic E-state index is -0.807. The lowest BCUT2D eigenvalue weighted by atomic mass is 10.1. The number of nitrogens with zero attached hydrogens (tertiary/aromatic N) is 1. The number of ketones is 1. The fourth-order valence-corrected chi connectivity index (χ4v) is 3.22. The fourth-order valence-electron chi connectivity index (χ4n) is 3.22. The Morgan fingerprint density at radius 2 is 1.72 bits per heavy atom. The Labute approximate surface area is 184 Å². The second-order valence-electron chi connectivity index (χ2n) is 7.13. The van der Waals surface area contributed by atoms with Crippen LogP contribution in [0.5, 0.6) is 0 Å². The fraction of sp³-hybridized carbons (Fsp3) is 0.261. The molecule has 0 saturated heterocycles. The van der Waals surface area contributed by atoms with Gasteiger partial charge >= 0.3 is 5.97 Å². The SMILES string of the molecule is COCCCN1C(=O)c2ccc(C(=O)OCC(=O)Nc3cccc(C(C)=O)c3)cc2C1=O. The molecule has 0 radical (unpaired) electrons. The third-order valence-corrected chi connectivity index (χ3v) is 4.82. The van der Waals surface area contributed by atoms with E-state index in [0.717, 1.165) is 4.90 Å². The first-order valence-electron chi connectivity index (χ1n) is 9.89. The first-order valence-corrected chi connectivity index (χ1v) is 9.89. The van der Waals surface area contributed by atoms with Crippen LogP contribution >= 0.6 is 0 Å². The number of ether oxygens (including phenoxy) is 2. The van der Waals surface area contributed by atoms with E-state index in [9.17, 15) is 24.0 Å². The summed E-state index contributed by atoms with van der Waals surface area (Å²) in [6.07, 6.45) is 0.501. The maximum atomic E-state index is 12.5. The number of rotatable bonds is 9. The van der Waals surface area contributed by atoms with Crippen LogP contribution in [0.1, 0.15) is 54.8 Å². The van der Waals surface area contributed by atoms with Crippen molar-refractivity contribution >= 4 is 35.2 Å². The lowest BCUT2D eigenvalue weighted by Crippen LogP contribution is -2.31. The molecule has 0 bridgehead atoms. The standard InChI is InChI=1S/C23H22N2O7/c1-14(26)15-5-3-6-17(11-15)24-20(27)13-32-23(30)16-7-8-18-19(12-16)22(29)25(21(18)28)9-4-10-31-2/h3,5-8,11-12H,4,9-10,13H2,1-2H3,(H,24,27). The number of nitrogens with one attached hydrogen (secondary N) is 1. The molecule has 0 aliphatic carbocycles. The number of carbonyl (C=O) groups is 5. The van der Waals surface area contributed by atoms with E-state index in [1.54, 1.807) is 18.2 Å². The summed E-state index contributed by atoms with van der Waals surface area (Å²) in [5.74, 6) is -2.45. The predicted octanol–water partition coefficient (Wildman–Crippen LogP) is 2.32. The maximum absolute atomic E-state index is 12.5. The van der Waals surface area contributed by atoms with E-state index < -0.39 is 30.3 Å². The van der Waals surface area contributed by atoms with Crippen molar-refractivity contribution in [2.45, 2.75) is 13.3 Å². The van der Waals surface area contributed by atoms with Crippen molar-refractivity contribution in [3.63, 3.8) is 0 Å². The molecule has 0 aromatic heterocycles. The number of amides is 3. The Morgan fingerprint density at radius 3 is 2.44 bits per heavy atom. The normalized spacial score (nSPS) is 12.5.